The Labute approximate surface area is 176 Å². The molecule has 1 saturated heterocycles. The third-order valence-corrected chi connectivity index (χ3v) is 6.75. The van der Waals surface area contributed by atoms with Gasteiger partial charge in [-0.25, -0.2) is 8.42 Å². The molecule has 2 aromatic rings. The zero-order chi connectivity index (χ0) is 21.7. The van der Waals surface area contributed by atoms with Gasteiger partial charge in [0.2, 0.25) is 5.91 Å². The van der Waals surface area contributed by atoms with E-state index in [2.05, 4.69) is 10.6 Å². The Morgan fingerprint density at radius 1 is 1.03 bits per heavy atom. The summed E-state index contributed by atoms with van der Waals surface area (Å²) in [5, 5.41) is 5.57. The molecule has 1 aliphatic rings. The van der Waals surface area contributed by atoms with Crippen LogP contribution in [0.25, 0.3) is 0 Å². The minimum atomic E-state index is -2.99. The van der Waals surface area contributed by atoms with Crippen molar-refractivity contribution in [3.05, 3.63) is 54.1 Å². The van der Waals surface area contributed by atoms with Gasteiger partial charge in [-0.3, -0.25) is 14.5 Å². The maximum absolute atomic E-state index is 12.4. The Morgan fingerprint density at radius 2 is 1.63 bits per heavy atom. The molecular formula is C21H25N3O5S. The van der Waals surface area contributed by atoms with Gasteiger partial charge < -0.3 is 15.4 Å². The van der Waals surface area contributed by atoms with Gasteiger partial charge in [0.1, 0.15) is 5.75 Å². The summed E-state index contributed by atoms with van der Waals surface area (Å²) in [5.74, 6) is 0.462. The maximum Gasteiger partial charge on any atom is 0.255 e. The Kier molecular flexibility index (Phi) is 6.73. The van der Waals surface area contributed by atoms with E-state index in [1.807, 2.05) is 0 Å². The number of hydrogen-bond acceptors (Lipinski definition) is 6. The van der Waals surface area contributed by atoms with E-state index in [9.17, 15) is 18.0 Å². The summed E-state index contributed by atoms with van der Waals surface area (Å²) in [6.07, 6.45) is 0.546. The molecule has 160 valence electrons. The molecule has 9 heteroatoms. The molecule has 0 spiro atoms. The molecule has 0 bridgehead atoms. The molecular weight excluding hydrogens is 406 g/mol. The van der Waals surface area contributed by atoms with Crippen LogP contribution in [-0.4, -0.2) is 63.4 Å². The summed E-state index contributed by atoms with van der Waals surface area (Å²) in [5.41, 5.74) is 1.67. The predicted molar refractivity (Wildman–Crippen MR) is 116 cm³/mol. The van der Waals surface area contributed by atoms with Gasteiger partial charge in [0.25, 0.3) is 5.91 Å². The molecule has 2 amide bonds. The Bertz CT molecular complexity index is 1000. The van der Waals surface area contributed by atoms with Crippen molar-refractivity contribution in [1.29, 1.82) is 0 Å². The van der Waals surface area contributed by atoms with E-state index >= 15 is 0 Å². The monoisotopic (exact) mass is 431 g/mol. The quantitative estimate of drug-likeness (QED) is 0.695. The van der Waals surface area contributed by atoms with E-state index in [4.69, 9.17) is 4.74 Å². The largest absolute Gasteiger partial charge is 0.497 e. The minimum absolute atomic E-state index is 0.0920. The van der Waals surface area contributed by atoms with E-state index in [1.54, 1.807) is 67.6 Å². The van der Waals surface area contributed by atoms with E-state index in [0.29, 0.717) is 29.1 Å². The lowest BCUT2D eigenvalue weighted by atomic mass is 10.2. The highest BCUT2D eigenvalue weighted by Gasteiger charge is 2.31. The molecule has 0 aliphatic carbocycles. The zero-order valence-electron chi connectivity index (χ0n) is 16.9. The molecule has 8 nitrogen and oxygen atoms in total. The highest BCUT2D eigenvalue weighted by Crippen LogP contribution is 2.18. The fourth-order valence-corrected chi connectivity index (χ4v) is 5.07. The standard InChI is InChI=1S/C21H25N3O5S/c1-24(18-11-12-30(27,28)14-18)13-20(25)22-16-5-3-15(4-6-16)21(26)23-17-7-9-19(29-2)10-8-17/h3-10,18H,11-14H2,1-2H3,(H,22,25)(H,23,26)/t18-/m0/s1. The lowest BCUT2D eigenvalue weighted by molar-refractivity contribution is -0.117. The van der Waals surface area contributed by atoms with E-state index < -0.39 is 9.84 Å². The summed E-state index contributed by atoms with van der Waals surface area (Å²) >= 11 is 0. The highest BCUT2D eigenvalue weighted by molar-refractivity contribution is 7.91. The summed E-state index contributed by atoms with van der Waals surface area (Å²) in [6.45, 7) is 0.0971. The van der Waals surface area contributed by atoms with Crippen molar-refractivity contribution in [3.8, 4) is 5.75 Å². The lowest BCUT2D eigenvalue weighted by Gasteiger charge is -2.22. The summed E-state index contributed by atoms with van der Waals surface area (Å²) in [4.78, 5) is 26.4. The smallest absolute Gasteiger partial charge is 0.255 e. The molecule has 0 saturated carbocycles. The third kappa shape index (κ3) is 5.80. The van der Waals surface area contributed by atoms with Crippen molar-refractivity contribution in [1.82, 2.24) is 4.90 Å². The molecule has 0 radical (unpaired) electrons. The predicted octanol–water partition coefficient (Wildman–Crippen LogP) is 2.00. The van der Waals surface area contributed by atoms with Crippen LogP contribution in [0.2, 0.25) is 0 Å². The van der Waals surface area contributed by atoms with E-state index in [1.165, 1.54) is 0 Å². The minimum Gasteiger partial charge on any atom is -0.497 e. The van der Waals surface area contributed by atoms with Gasteiger partial charge in [0, 0.05) is 23.0 Å². The summed E-state index contributed by atoms with van der Waals surface area (Å²) in [7, 11) is 0.330. The van der Waals surface area contributed by atoms with Gasteiger partial charge in [-0.05, 0) is 62.0 Å². The van der Waals surface area contributed by atoms with E-state index in [0.717, 1.165) is 0 Å². The van der Waals surface area contributed by atoms with Gasteiger partial charge in [-0.1, -0.05) is 0 Å². The number of rotatable bonds is 7. The summed E-state index contributed by atoms with van der Waals surface area (Å²) in [6, 6.07) is 13.4. The lowest BCUT2D eigenvalue weighted by Crippen LogP contribution is -2.38. The third-order valence-electron chi connectivity index (χ3n) is 5.00. The SMILES string of the molecule is COc1ccc(NC(=O)c2ccc(NC(=O)CN(C)[C@H]3CCS(=O)(=O)C3)cc2)cc1. The first-order valence-corrected chi connectivity index (χ1v) is 11.3. The van der Waals surface area contributed by atoms with Crippen LogP contribution in [0.5, 0.6) is 5.75 Å². The van der Waals surface area contributed by atoms with Crippen LogP contribution in [0.1, 0.15) is 16.8 Å². The Balaban J connectivity index is 1.52. The first kappa shape index (κ1) is 21.8. The van der Waals surface area contributed by atoms with Crippen LogP contribution in [0.4, 0.5) is 11.4 Å². The number of hydrogen-bond donors (Lipinski definition) is 2. The number of benzene rings is 2. The topological polar surface area (TPSA) is 105 Å². The van der Waals surface area contributed by atoms with Crippen LogP contribution in [0, 0.1) is 0 Å². The van der Waals surface area contributed by atoms with Crippen molar-refractivity contribution in [3.63, 3.8) is 0 Å². The van der Waals surface area contributed by atoms with Gasteiger partial charge >= 0.3 is 0 Å². The number of carbonyl (C=O) groups excluding carboxylic acids is 2. The molecule has 1 aliphatic heterocycles. The number of amides is 2. The number of ether oxygens (including phenoxy) is 1. The Morgan fingerprint density at radius 3 is 2.20 bits per heavy atom. The van der Waals surface area contributed by atoms with Crippen molar-refractivity contribution in [2.45, 2.75) is 12.5 Å². The molecule has 0 unspecified atom stereocenters. The summed E-state index contributed by atoms with van der Waals surface area (Å²) < 4.78 is 28.3. The first-order valence-electron chi connectivity index (χ1n) is 9.52. The molecule has 30 heavy (non-hydrogen) atoms. The fourth-order valence-electron chi connectivity index (χ4n) is 3.26. The molecule has 1 heterocycles. The first-order chi connectivity index (χ1) is 14.3. The maximum atomic E-state index is 12.4. The molecule has 0 aromatic heterocycles. The number of sulfone groups is 1. The average molecular weight is 432 g/mol. The van der Waals surface area contributed by atoms with Crippen LogP contribution >= 0.6 is 0 Å². The number of nitrogens with one attached hydrogen (secondary N) is 2. The average Bonchev–Trinajstić information content (AvgIpc) is 3.09. The van der Waals surface area contributed by atoms with Gasteiger partial charge in [-0.2, -0.15) is 0 Å². The van der Waals surface area contributed by atoms with Crippen molar-refractivity contribution in [2.24, 2.45) is 0 Å². The van der Waals surface area contributed by atoms with Gasteiger partial charge in [0.05, 0.1) is 25.2 Å². The van der Waals surface area contributed by atoms with E-state index in [-0.39, 0.29) is 35.9 Å². The van der Waals surface area contributed by atoms with Crippen molar-refractivity contribution >= 4 is 33.0 Å². The molecule has 1 fully saturated rings. The number of carbonyl (C=O) groups is 2. The number of nitrogens with zero attached hydrogens (tertiary/aromatic N) is 1. The number of anilines is 2. The molecule has 1 atom stereocenters. The Hall–Kier alpha value is -2.91. The van der Waals surface area contributed by atoms with Crippen LogP contribution in [0.3, 0.4) is 0 Å². The fraction of sp³-hybridized carbons (Fsp3) is 0.333. The van der Waals surface area contributed by atoms with Crippen molar-refractivity contribution in [2.75, 3.05) is 42.8 Å². The highest BCUT2D eigenvalue weighted by atomic mass is 32.2. The second-order valence-electron chi connectivity index (χ2n) is 7.28. The number of methoxy groups -OCH3 is 1. The van der Waals surface area contributed by atoms with Crippen LogP contribution < -0.4 is 15.4 Å². The zero-order valence-corrected chi connectivity index (χ0v) is 17.7. The van der Waals surface area contributed by atoms with Crippen molar-refractivity contribution < 1.29 is 22.7 Å². The number of likely N-dealkylation sites (N-methyl/N-ethyl adjacent to an activating group) is 1. The van der Waals surface area contributed by atoms with Crippen LogP contribution in [0.15, 0.2) is 48.5 Å². The van der Waals surface area contributed by atoms with Gasteiger partial charge in [0.15, 0.2) is 9.84 Å². The molecule has 2 aromatic carbocycles. The molecule has 3 rings (SSSR count). The second-order valence-corrected chi connectivity index (χ2v) is 9.51. The van der Waals surface area contributed by atoms with Crippen LogP contribution in [-0.2, 0) is 14.6 Å². The normalized spacial score (nSPS) is 17.5. The van der Waals surface area contributed by atoms with Gasteiger partial charge in [-0.15, -0.1) is 0 Å². The second kappa shape index (κ2) is 9.27. The molecule has 2 N–H and O–H groups in total.